The van der Waals surface area contributed by atoms with Crippen molar-refractivity contribution in [3.05, 3.63) is 16.1 Å². The van der Waals surface area contributed by atoms with E-state index >= 15 is 0 Å². The van der Waals surface area contributed by atoms with Crippen LogP contribution in [0.4, 0.5) is 0 Å². The van der Waals surface area contributed by atoms with Crippen molar-refractivity contribution in [1.29, 1.82) is 0 Å². The predicted molar refractivity (Wildman–Crippen MR) is 62.9 cm³/mol. The number of thiazole rings is 1. The van der Waals surface area contributed by atoms with E-state index in [2.05, 4.69) is 4.98 Å². The summed E-state index contributed by atoms with van der Waals surface area (Å²) in [7, 11) is 0. The minimum atomic E-state index is -0.621. The number of primary amides is 1. The maximum absolute atomic E-state index is 11.0. The summed E-state index contributed by atoms with van der Waals surface area (Å²) in [6.07, 6.45) is -0.560. The molecule has 1 saturated heterocycles. The molecule has 4 N–H and O–H groups in total. The molecule has 7 heteroatoms. The lowest BCUT2D eigenvalue weighted by molar-refractivity contribution is -0.138. The first-order valence-corrected chi connectivity index (χ1v) is 6.69. The fraction of sp³-hybridized carbons (Fsp3) is 0.636. The molecule has 1 aromatic heterocycles. The minimum Gasteiger partial charge on any atom is -0.394 e. The van der Waals surface area contributed by atoms with Crippen molar-refractivity contribution < 1.29 is 19.7 Å². The van der Waals surface area contributed by atoms with Gasteiger partial charge in [0.2, 0.25) is 0 Å². The number of ether oxygens (including phenoxy) is 1. The van der Waals surface area contributed by atoms with Gasteiger partial charge in [0.05, 0.1) is 18.8 Å². The highest BCUT2D eigenvalue weighted by Gasteiger charge is 2.55. The zero-order valence-electron chi connectivity index (χ0n) is 9.52. The van der Waals surface area contributed by atoms with Crippen LogP contribution < -0.4 is 5.73 Å². The van der Waals surface area contributed by atoms with Crippen LogP contribution in [-0.4, -0.2) is 39.9 Å². The van der Waals surface area contributed by atoms with E-state index in [4.69, 9.17) is 10.5 Å². The molecular weight excluding hydrogens is 256 g/mol. The lowest BCUT2D eigenvalue weighted by atomic mass is 10.0. The van der Waals surface area contributed by atoms with Gasteiger partial charge in [-0.25, -0.2) is 4.98 Å². The van der Waals surface area contributed by atoms with Gasteiger partial charge in [0.15, 0.2) is 0 Å². The molecule has 5 atom stereocenters. The number of hydrogen-bond donors (Lipinski definition) is 3. The number of rotatable bonds is 3. The van der Waals surface area contributed by atoms with Gasteiger partial charge < -0.3 is 20.7 Å². The molecule has 2 fully saturated rings. The molecule has 1 aliphatic heterocycles. The third-order valence-electron chi connectivity index (χ3n) is 3.64. The zero-order chi connectivity index (χ0) is 12.9. The SMILES string of the molecule is NC(=O)c1csc([C@@H]2O[C@H](CO)[C@H]3CC3C2O)n1. The van der Waals surface area contributed by atoms with Crippen LogP contribution in [0.1, 0.15) is 28.0 Å². The average molecular weight is 270 g/mol. The number of carbonyl (C=O) groups is 1. The second-order valence-corrected chi connectivity index (χ2v) is 5.66. The van der Waals surface area contributed by atoms with Gasteiger partial charge in [0, 0.05) is 5.38 Å². The van der Waals surface area contributed by atoms with Crippen LogP contribution in [0.5, 0.6) is 0 Å². The normalized spacial score (nSPS) is 38.2. The van der Waals surface area contributed by atoms with E-state index in [9.17, 15) is 15.0 Å². The molecule has 6 nitrogen and oxygen atoms in total. The molecule has 0 radical (unpaired) electrons. The molecule has 0 spiro atoms. The van der Waals surface area contributed by atoms with Crippen molar-refractivity contribution in [3.63, 3.8) is 0 Å². The fourth-order valence-electron chi connectivity index (χ4n) is 2.56. The van der Waals surface area contributed by atoms with E-state index in [1.54, 1.807) is 5.38 Å². The molecule has 1 aliphatic carbocycles. The topological polar surface area (TPSA) is 106 Å². The maximum atomic E-state index is 11.0. The van der Waals surface area contributed by atoms with E-state index in [0.29, 0.717) is 5.01 Å². The fourth-order valence-corrected chi connectivity index (χ4v) is 3.45. The van der Waals surface area contributed by atoms with Gasteiger partial charge >= 0.3 is 0 Å². The smallest absolute Gasteiger partial charge is 0.268 e. The lowest BCUT2D eigenvalue weighted by Gasteiger charge is -2.31. The largest absolute Gasteiger partial charge is 0.394 e. The van der Waals surface area contributed by atoms with Crippen LogP contribution in [-0.2, 0) is 4.74 Å². The summed E-state index contributed by atoms with van der Waals surface area (Å²) < 4.78 is 5.68. The Balaban J connectivity index is 1.83. The van der Waals surface area contributed by atoms with E-state index in [1.165, 1.54) is 11.3 Å². The van der Waals surface area contributed by atoms with Crippen LogP contribution in [0, 0.1) is 11.8 Å². The van der Waals surface area contributed by atoms with Crippen LogP contribution in [0.3, 0.4) is 0 Å². The number of nitrogens with two attached hydrogens (primary N) is 1. The van der Waals surface area contributed by atoms with Gasteiger partial charge in [-0.05, 0) is 18.3 Å². The number of fused-ring (bicyclic) bond motifs is 1. The average Bonchev–Trinajstić information content (AvgIpc) is 3.00. The van der Waals surface area contributed by atoms with Crippen molar-refractivity contribution in [1.82, 2.24) is 4.98 Å². The van der Waals surface area contributed by atoms with Crippen molar-refractivity contribution in [2.45, 2.75) is 24.7 Å². The molecule has 2 aliphatic rings. The van der Waals surface area contributed by atoms with Gasteiger partial charge in [-0.2, -0.15) is 0 Å². The van der Waals surface area contributed by atoms with Gasteiger partial charge in [-0.1, -0.05) is 0 Å². The number of aliphatic hydroxyl groups is 2. The maximum Gasteiger partial charge on any atom is 0.268 e. The molecular formula is C11H14N2O4S. The first kappa shape index (κ1) is 12.0. The Morgan fingerprint density at radius 3 is 3.00 bits per heavy atom. The molecule has 2 heterocycles. The van der Waals surface area contributed by atoms with Crippen molar-refractivity contribution in [3.8, 4) is 0 Å². The van der Waals surface area contributed by atoms with Crippen LogP contribution in [0.2, 0.25) is 0 Å². The van der Waals surface area contributed by atoms with Crippen LogP contribution in [0.15, 0.2) is 5.38 Å². The van der Waals surface area contributed by atoms with Crippen molar-refractivity contribution >= 4 is 17.2 Å². The number of amides is 1. The standard InChI is InChI=1S/C11H14N2O4S/c12-10(16)6-3-18-11(13-6)9-8(15)5-1-4(5)7(2-14)17-9/h3-5,7-9,14-15H,1-2H2,(H2,12,16)/t4-,5?,7+,8?,9+/m0/s1. The molecule has 0 bridgehead atoms. The quantitative estimate of drug-likeness (QED) is 0.697. The van der Waals surface area contributed by atoms with E-state index < -0.39 is 18.1 Å². The monoisotopic (exact) mass is 270 g/mol. The number of nitrogens with zero attached hydrogens (tertiary/aromatic N) is 1. The Morgan fingerprint density at radius 1 is 1.61 bits per heavy atom. The molecule has 2 unspecified atom stereocenters. The third kappa shape index (κ3) is 1.83. The Labute approximate surface area is 107 Å². The van der Waals surface area contributed by atoms with Crippen molar-refractivity contribution in [2.75, 3.05) is 6.61 Å². The summed E-state index contributed by atoms with van der Waals surface area (Å²) in [5, 5.41) is 21.5. The van der Waals surface area contributed by atoms with Crippen LogP contribution >= 0.6 is 11.3 Å². The molecule has 18 heavy (non-hydrogen) atoms. The summed E-state index contributed by atoms with van der Waals surface area (Å²) in [4.78, 5) is 15.1. The third-order valence-corrected chi connectivity index (χ3v) is 4.54. The number of carbonyl (C=O) groups excluding carboxylic acids is 1. The first-order valence-electron chi connectivity index (χ1n) is 5.81. The summed E-state index contributed by atoms with van der Waals surface area (Å²) in [6.45, 7) is -0.0571. The Bertz CT molecular complexity index is 477. The molecule has 98 valence electrons. The number of hydrogen-bond acceptors (Lipinski definition) is 6. The highest BCUT2D eigenvalue weighted by molar-refractivity contribution is 7.09. The Morgan fingerprint density at radius 2 is 2.39 bits per heavy atom. The van der Waals surface area contributed by atoms with Crippen LogP contribution in [0.25, 0.3) is 0 Å². The van der Waals surface area contributed by atoms with E-state index in [-0.39, 0.29) is 30.2 Å². The van der Waals surface area contributed by atoms with Gasteiger partial charge in [-0.3, -0.25) is 4.79 Å². The van der Waals surface area contributed by atoms with E-state index in [1.807, 2.05) is 0 Å². The summed E-state index contributed by atoms with van der Waals surface area (Å²) >= 11 is 1.24. The van der Waals surface area contributed by atoms with E-state index in [0.717, 1.165) is 6.42 Å². The Kier molecular flexibility index (Phi) is 2.86. The van der Waals surface area contributed by atoms with Crippen molar-refractivity contribution in [2.24, 2.45) is 17.6 Å². The number of aliphatic hydroxyl groups excluding tert-OH is 2. The zero-order valence-corrected chi connectivity index (χ0v) is 10.3. The van der Waals surface area contributed by atoms with Gasteiger partial charge in [0.1, 0.15) is 16.8 Å². The predicted octanol–water partition coefficient (Wildman–Crippen LogP) is -0.329. The first-order chi connectivity index (χ1) is 8.61. The highest BCUT2D eigenvalue weighted by atomic mass is 32.1. The minimum absolute atomic E-state index is 0.0571. The highest BCUT2D eigenvalue weighted by Crippen LogP contribution is 2.53. The summed E-state index contributed by atoms with van der Waals surface area (Å²) in [5.74, 6) is -0.176. The second kappa shape index (κ2) is 4.27. The molecule has 1 saturated carbocycles. The number of aromatic nitrogens is 1. The summed E-state index contributed by atoms with van der Waals surface area (Å²) in [6, 6.07) is 0. The molecule has 1 amide bonds. The molecule has 0 aromatic carbocycles. The molecule has 3 rings (SSSR count). The van der Waals surface area contributed by atoms with Gasteiger partial charge in [0.25, 0.3) is 5.91 Å². The Hall–Kier alpha value is -1.02. The lowest BCUT2D eigenvalue weighted by Crippen LogP contribution is -2.37. The van der Waals surface area contributed by atoms with Gasteiger partial charge in [-0.15, -0.1) is 11.3 Å². The molecule has 1 aromatic rings. The summed E-state index contributed by atoms with van der Waals surface area (Å²) in [5.41, 5.74) is 5.33. The second-order valence-electron chi connectivity index (χ2n) is 4.77.